The summed E-state index contributed by atoms with van der Waals surface area (Å²) in [6, 6.07) is 0. The summed E-state index contributed by atoms with van der Waals surface area (Å²) in [6.07, 6.45) is 7.64. The average Bonchev–Trinajstić information content (AvgIpc) is 2.25. The monoisotopic (exact) mass is 216 g/mol. The summed E-state index contributed by atoms with van der Waals surface area (Å²) in [5.41, 5.74) is 0. The van der Waals surface area contributed by atoms with Crippen LogP contribution in [0.15, 0.2) is 0 Å². The quantitative estimate of drug-likeness (QED) is 0.489. The predicted molar refractivity (Wildman–Crippen MR) is 65.3 cm³/mol. The van der Waals surface area contributed by atoms with Gasteiger partial charge in [-0.1, -0.05) is 39.5 Å². The van der Waals surface area contributed by atoms with Crippen molar-refractivity contribution >= 4 is 0 Å². The largest absolute Gasteiger partial charge is 0.379 e. The average molecular weight is 216 g/mol. The van der Waals surface area contributed by atoms with Gasteiger partial charge in [0, 0.05) is 13.2 Å². The Labute approximate surface area is 95.3 Å². The third kappa shape index (κ3) is 10.2. The molecule has 0 aromatic rings. The number of unbranched alkanes of at least 4 members (excludes halogenated alkanes) is 3. The molecule has 0 fully saturated rings. The first-order valence-electron chi connectivity index (χ1n) is 6.54. The van der Waals surface area contributed by atoms with Gasteiger partial charge in [0.25, 0.3) is 0 Å². The second-order valence-electron chi connectivity index (χ2n) is 4.00. The van der Waals surface area contributed by atoms with Gasteiger partial charge in [-0.05, 0) is 19.8 Å². The van der Waals surface area contributed by atoms with Crippen molar-refractivity contribution in [3.63, 3.8) is 0 Å². The molecular formula is C13H28O2. The summed E-state index contributed by atoms with van der Waals surface area (Å²) in [5, 5.41) is 0. The number of hydrogen-bond donors (Lipinski definition) is 0. The molecule has 0 saturated carbocycles. The molecule has 0 heterocycles. The molecule has 0 bridgehead atoms. The minimum atomic E-state index is 0.316. The highest BCUT2D eigenvalue weighted by Crippen LogP contribution is 2.06. The van der Waals surface area contributed by atoms with Crippen LogP contribution in [-0.4, -0.2) is 25.9 Å². The van der Waals surface area contributed by atoms with Crippen molar-refractivity contribution in [3.05, 3.63) is 0 Å². The van der Waals surface area contributed by atoms with Gasteiger partial charge in [-0.25, -0.2) is 0 Å². The molecule has 1 unspecified atom stereocenters. The topological polar surface area (TPSA) is 18.5 Å². The zero-order chi connectivity index (χ0) is 11.4. The second-order valence-corrected chi connectivity index (χ2v) is 4.00. The van der Waals surface area contributed by atoms with E-state index in [2.05, 4.69) is 20.8 Å². The van der Waals surface area contributed by atoms with E-state index in [1.54, 1.807) is 0 Å². The Hall–Kier alpha value is -0.0800. The molecule has 0 aromatic carbocycles. The number of rotatable bonds is 11. The molecule has 2 heteroatoms. The summed E-state index contributed by atoms with van der Waals surface area (Å²) >= 11 is 0. The predicted octanol–water partition coefficient (Wildman–Crippen LogP) is 3.79. The summed E-state index contributed by atoms with van der Waals surface area (Å²) < 4.78 is 11.2. The van der Waals surface area contributed by atoms with Gasteiger partial charge >= 0.3 is 0 Å². The molecule has 0 rings (SSSR count). The Bertz CT molecular complexity index is 115. The summed E-state index contributed by atoms with van der Waals surface area (Å²) in [5.74, 6) is 0. The van der Waals surface area contributed by atoms with Crippen molar-refractivity contribution in [2.24, 2.45) is 0 Å². The van der Waals surface area contributed by atoms with Gasteiger partial charge in [-0.15, -0.1) is 0 Å². The lowest BCUT2D eigenvalue weighted by molar-refractivity contribution is -0.0171. The molecule has 0 spiro atoms. The second kappa shape index (κ2) is 12.0. The van der Waals surface area contributed by atoms with Crippen LogP contribution in [0.2, 0.25) is 0 Å². The molecular weight excluding hydrogens is 188 g/mol. The van der Waals surface area contributed by atoms with Gasteiger partial charge < -0.3 is 9.47 Å². The van der Waals surface area contributed by atoms with Crippen LogP contribution in [0.5, 0.6) is 0 Å². The summed E-state index contributed by atoms with van der Waals surface area (Å²) in [4.78, 5) is 0. The standard InChI is InChI=1S/C13H28O2/c1-4-7-9-11-14-12-13(15-6-3)10-8-5-2/h13H,4-12H2,1-3H3. The normalized spacial score (nSPS) is 13.0. The van der Waals surface area contributed by atoms with Crippen LogP contribution in [0.3, 0.4) is 0 Å². The van der Waals surface area contributed by atoms with Crippen molar-refractivity contribution in [3.8, 4) is 0 Å². The molecule has 15 heavy (non-hydrogen) atoms. The minimum Gasteiger partial charge on any atom is -0.379 e. The summed E-state index contributed by atoms with van der Waals surface area (Å²) in [7, 11) is 0. The molecule has 0 aliphatic rings. The fourth-order valence-electron chi connectivity index (χ4n) is 1.55. The Kier molecular flexibility index (Phi) is 11.9. The highest BCUT2D eigenvalue weighted by Gasteiger charge is 2.07. The lowest BCUT2D eigenvalue weighted by Gasteiger charge is -2.16. The molecule has 0 aromatic heterocycles. The van der Waals surface area contributed by atoms with E-state index in [9.17, 15) is 0 Å². The molecule has 2 nitrogen and oxygen atoms in total. The molecule has 0 radical (unpaired) electrons. The SMILES string of the molecule is CCCCCOCC(CCCC)OCC. The Morgan fingerprint density at radius 1 is 0.933 bits per heavy atom. The van der Waals surface area contributed by atoms with Crippen molar-refractivity contribution in [2.45, 2.75) is 65.4 Å². The molecule has 92 valence electrons. The lowest BCUT2D eigenvalue weighted by atomic mass is 10.2. The highest BCUT2D eigenvalue weighted by atomic mass is 16.5. The molecule has 0 aliphatic heterocycles. The van der Waals surface area contributed by atoms with Gasteiger partial charge in [-0.3, -0.25) is 0 Å². The fraction of sp³-hybridized carbons (Fsp3) is 1.00. The maximum Gasteiger partial charge on any atom is 0.0808 e. The van der Waals surface area contributed by atoms with E-state index in [0.29, 0.717) is 6.10 Å². The molecule has 0 N–H and O–H groups in total. The maximum atomic E-state index is 5.63. The molecule has 0 aliphatic carbocycles. The first-order valence-corrected chi connectivity index (χ1v) is 6.54. The van der Waals surface area contributed by atoms with Gasteiger partial charge in [-0.2, -0.15) is 0 Å². The van der Waals surface area contributed by atoms with Crippen molar-refractivity contribution in [2.75, 3.05) is 19.8 Å². The molecule has 0 amide bonds. The van der Waals surface area contributed by atoms with Crippen LogP contribution in [0.1, 0.15) is 59.3 Å². The Balaban J connectivity index is 3.38. The van der Waals surface area contributed by atoms with Crippen LogP contribution >= 0.6 is 0 Å². The van der Waals surface area contributed by atoms with Crippen LogP contribution in [0, 0.1) is 0 Å². The Morgan fingerprint density at radius 3 is 2.27 bits per heavy atom. The first kappa shape index (κ1) is 14.9. The van der Waals surface area contributed by atoms with E-state index in [-0.39, 0.29) is 0 Å². The molecule has 1 atom stereocenters. The van der Waals surface area contributed by atoms with Gasteiger partial charge in [0.05, 0.1) is 12.7 Å². The smallest absolute Gasteiger partial charge is 0.0808 e. The maximum absolute atomic E-state index is 5.63. The van der Waals surface area contributed by atoms with Crippen molar-refractivity contribution in [1.82, 2.24) is 0 Å². The van der Waals surface area contributed by atoms with Crippen LogP contribution in [0.4, 0.5) is 0 Å². The zero-order valence-electron chi connectivity index (χ0n) is 10.8. The number of ether oxygens (including phenoxy) is 2. The zero-order valence-corrected chi connectivity index (χ0v) is 10.8. The highest BCUT2D eigenvalue weighted by molar-refractivity contribution is 4.56. The molecule has 0 saturated heterocycles. The van der Waals surface area contributed by atoms with E-state index < -0.39 is 0 Å². The minimum absolute atomic E-state index is 0.316. The van der Waals surface area contributed by atoms with Crippen molar-refractivity contribution < 1.29 is 9.47 Å². The third-order valence-electron chi connectivity index (χ3n) is 2.48. The van der Waals surface area contributed by atoms with Crippen LogP contribution < -0.4 is 0 Å². The van der Waals surface area contributed by atoms with E-state index in [4.69, 9.17) is 9.47 Å². The summed E-state index contributed by atoms with van der Waals surface area (Å²) in [6.45, 7) is 8.94. The van der Waals surface area contributed by atoms with E-state index >= 15 is 0 Å². The number of hydrogen-bond acceptors (Lipinski definition) is 2. The van der Waals surface area contributed by atoms with Crippen LogP contribution in [-0.2, 0) is 9.47 Å². The van der Waals surface area contributed by atoms with E-state index in [0.717, 1.165) is 26.2 Å². The van der Waals surface area contributed by atoms with E-state index in [1.807, 2.05) is 0 Å². The Morgan fingerprint density at radius 2 is 1.67 bits per heavy atom. The van der Waals surface area contributed by atoms with Gasteiger partial charge in [0.15, 0.2) is 0 Å². The fourth-order valence-corrected chi connectivity index (χ4v) is 1.55. The van der Waals surface area contributed by atoms with Crippen molar-refractivity contribution in [1.29, 1.82) is 0 Å². The van der Waals surface area contributed by atoms with E-state index in [1.165, 1.54) is 32.1 Å². The van der Waals surface area contributed by atoms with Crippen LogP contribution in [0.25, 0.3) is 0 Å². The third-order valence-corrected chi connectivity index (χ3v) is 2.48. The first-order chi connectivity index (χ1) is 7.35. The lowest BCUT2D eigenvalue weighted by Crippen LogP contribution is -2.20. The van der Waals surface area contributed by atoms with Gasteiger partial charge in [0.1, 0.15) is 0 Å². The van der Waals surface area contributed by atoms with Gasteiger partial charge in [0.2, 0.25) is 0 Å².